The maximum absolute atomic E-state index is 13.6. The van der Waals surface area contributed by atoms with Crippen LogP contribution in [0.2, 0.25) is 0 Å². The Balaban J connectivity index is 6.13. The first-order valence-corrected chi connectivity index (χ1v) is 11.5. The monoisotopic (exact) mass is 800 g/mol. The molecule has 0 amide bonds. The molecule has 3 nitrogen and oxygen atoms in total. The Bertz CT molecular complexity index is 943. The van der Waals surface area contributed by atoms with E-state index in [0.29, 0.717) is 0 Å². The molecule has 0 atom stereocenters. The van der Waals surface area contributed by atoms with E-state index in [1.165, 1.54) is 0 Å². The Labute approximate surface area is 252 Å². The second-order valence-electron chi connectivity index (χ2n) is 9.20. The van der Waals surface area contributed by atoms with Gasteiger partial charge in [0.05, 0.1) is 0 Å². The first kappa shape index (κ1) is 47.1. The lowest BCUT2D eigenvalue weighted by molar-refractivity contribution is -0.397. The molecule has 49 heavy (non-hydrogen) atoms. The molecule has 0 radical (unpaired) electrons. The van der Waals surface area contributed by atoms with Gasteiger partial charge in [-0.3, -0.25) is 0 Å². The first-order valence-electron chi connectivity index (χ1n) is 11.5. The number of alkyl halides is 27. The SMILES string of the molecule is FC(F)(F)C(F)(F)C(F)(F)C(F)(F)CCOB(OCCC(F)(F)C(F)(F)C(F)(F)C(F)(F)F)OCCC(F)(F)C(F)(F)C(F)(F)C(F)(F)F. The van der Waals surface area contributed by atoms with Gasteiger partial charge in [0.15, 0.2) is 0 Å². The van der Waals surface area contributed by atoms with Crippen molar-refractivity contribution in [2.75, 3.05) is 19.8 Å². The summed E-state index contributed by atoms with van der Waals surface area (Å²) in [5.74, 6) is -64.6. The van der Waals surface area contributed by atoms with E-state index >= 15 is 0 Å². The van der Waals surface area contributed by atoms with E-state index in [9.17, 15) is 119 Å². The Morgan fingerprint density at radius 1 is 0.265 bits per heavy atom. The predicted molar refractivity (Wildman–Crippen MR) is 100 cm³/mol. The molecule has 0 aromatic rings. The van der Waals surface area contributed by atoms with Crippen LogP contribution in [0.15, 0.2) is 0 Å². The smallest absolute Gasteiger partial charge is 0.386 e. The van der Waals surface area contributed by atoms with Crippen LogP contribution in [0, 0.1) is 0 Å². The molecule has 0 rings (SSSR count). The van der Waals surface area contributed by atoms with Crippen molar-refractivity contribution in [3.8, 4) is 0 Å². The second kappa shape index (κ2) is 13.9. The molecule has 0 fully saturated rings. The average Bonchev–Trinajstić information content (AvgIpc) is 2.85. The van der Waals surface area contributed by atoms with Crippen LogP contribution in [0.1, 0.15) is 19.3 Å². The average molecular weight is 800 g/mol. The van der Waals surface area contributed by atoms with Crippen molar-refractivity contribution in [3.05, 3.63) is 0 Å². The fourth-order valence-corrected chi connectivity index (χ4v) is 2.69. The van der Waals surface area contributed by atoms with Crippen LogP contribution in [-0.2, 0) is 14.0 Å². The van der Waals surface area contributed by atoms with Crippen LogP contribution < -0.4 is 0 Å². The van der Waals surface area contributed by atoms with Crippen molar-refractivity contribution in [2.24, 2.45) is 0 Å². The molecule has 0 aliphatic carbocycles. The van der Waals surface area contributed by atoms with E-state index < -0.39 is 118 Å². The van der Waals surface area contributed by atoms with Gasteiger partial charge in [-0.1, -0.05) is 0 Å². The highest BCUT2D eigenvalue weighted by Gasteiger charge is 2.83. The molecular formula is C18H12BF27O3. The zero-order chi connectivity index (χ0) is 39.9. The third kappa shape index (κ3) is 8.93. The summed E-state index contributed by atoms with van der Waals surface area (Å²) in [6.07, 6.45) is -31.6. The highest BCUT2D eigenvalue weighted by molar-refractivity contribution is 6.36. The fourth-order valence-electron chi connectivity index (χ4n) is 2.69. The van der Waals surface area contributed by atoms with E-state index in [0.717, 1.165) is 0 Å². The van der Waals surface area contributed by atoms with Crippen LogP contribution >= 0.6 is 0 Å². The molecule has 0 saturated heterocycles. The van der Waals surface area contributed by atoms with E-state index in [1.807, 2.05) is 0 Å². The molecular weight excluding hydrogens is 788 g/mol. The molecule has 0 N–H and O–H groups in total. The van der Waals surface area contributed by atoms with Gasteiger partial charge in [-0.05, 0) is 0 Å². The largest absolute Gasteiger partial charge is 0.639 e. The third-order valence-electron chi connectivity index (χ3n) is 5.64. The Morgan fingerprint density at radius 2 is 0.429 bits per heavy atom. The lowest BCUT2D eigenvalue weighted by atomic mass is 10.0. The molecule has 0 saturated carbocycles. The molecule has 0 spiro atoms. The zero-order valence-corrected chi connectivity index (χ0v) is 22.2. The van der Waals surface area contributed by atoms with Gasteiger partial charge in [-0.15, -0.1) is 0 Å². The maximum atomic E-state index is 13.6. The number of rotatable bonds is 18. The van der Waals surface area contributed by atoms with Gasteiger partial charge >= 0.3 is 79.2 Å². The standard InChI is InChI=1S/C18H12BF27O3/c20-7(21,10(26,27)13(32,33)16(38,39)40)1-4-47-19(48-5-2-8(22,23)11(28,29)14(34,35)17(41,42)43)49-6-3-9(24,25)12(30,31)15(36,37)18(44,45)46/h1-6H2. The van der Waals surface area contributed by atoms with Crippen LogP contribution in [0.25, 0.3) is 0 Å². The van der Waals surface area contributed by atoms with E-state index in [2.05, 4.69) is 14.0 Å². The normalized spacial score (nSPS) is 16.0. The van der Waals surface area contributed by atoms with Gasteiger partial charge in [0, 0.05) is 39.1 Å². The summed E-state index contributed by atoms with van der Waals surface area (Å²) in [4.78, 5) is 0. The first-order chi connectivity index (χ1) is 21.0. The topological polar surface area (TPSA) is 27.7 Å². The minimum atomic E-state index is -7.56. The van der Waals surface area contributed by atoms with Crippen molar-refractivity contribution < 1.29 is 133 Å². The summed E-state index contributed by atoms with van der Waals surface area (Å²) in [5, 5.41) is 0. The molecule has 0 aliphatic rings. The lowest BCUT2D eigenvalue weighted by Crippen LogP contribution is -2.61. The van der Waals surface area contributed by atoms with E-state index in [1.54, 1.807) is 0 Å². The summed E-state index contributed by atoms with van der Waals surface area (Å²) in [7, 11) is -3.65. The zero-order valence-electron chi connectivity index (χ0n) is 22.2. The van der Waals surface area contributed by atoms with Crippen molar-refractivity contribution in [1.82, 2.24) is 0 Å². The summed E-state index contributed by atoms with van der Waals surface area (Å²) in [6, 6.07) is 0. The van der Waals surface area contributed by atoms with Crippen molar-refractivity contribution in [1.29, 1.82) is 0 Å². The highest BCUT2D eigenvalue weighted by Crippen LogP contribution is 2.56. The van der Waals surface area contributed by atoms with Crippen molar-refractivity contribution in [2.45, 2.75) is 91.1 Å². The van der Waals surface area contributed by atoms with Crippen LogP contribution in [-0.4, -0.2) is 99.0 Å². The molecule has 0 aromatic carbocycles. The van der Waals surface area contributed by atoms with Crippen LogP contribution in [0.3, 0.4) is 0 Å². The molecule has 0 bridgehead atoms. The summed E-state index contributed by atoms with van der Waals surface area (Å²) >= 11 is 0. The van der Waals surface area contributed by atoms with Crippen molar-refractivity contribution >= 4 is 7.32 Å². The van der Waals surface area contributed by atoms with Crippen LogP contribution in [0.5, 0.6) is 0 Å². The summed E-state index contributed by atoms with van der Waals surface area (Å²) in [6.45, 7) is -7.63. The van der Waals surface area contributed by atoms with Gasteiger partial charge in [0.2, 0.25) is 0 Å². The minimum Gasteiger partial charge on any atom is -0.386 e. The fraction of sp³-hybridized carbons (Fsp3) is 1.00. The Hall–Kier alpha value is -1.95. The third-order valence-corrected chi connectivity index (χ3v) is 5.64. The van der Waals surface area contributed by atoms with Crippen molar-refractivity contribution in [3.63, 3.8) is 0 Å². The highest BCUT2D eigenvalue weighted by atomic mass is 19.4. The van der Waals surface area contributed by atoms with E-state index in [4.69, 9.17) is 0 Å². The predicted octanol–water partition coefficient (Wildman–Crippen LogP) is 9.60. The summed E-state index contributed by atoms with van der Waals surface area (Å²) < 4.78 is 359. The van der Waals surface area contributed by atoms with Gasteiger partial charge in [-0.25, -0.2) is 0 Å². The number of halogens is 27. The maximum Gasteiger partial charge on any atom is 0.639 e. The number of hydrogen-bond donors (Lipinski definition) is 0. The van der Waals surface area contributed by atoms with Gasteiger partial charge in [0.1, 0.15) is 0 Å². The molecule has 0 aromatic heterocycles. The van der Waals surface area contributed by atoms with Crippen LogP contribution in [0.4, 0.5) is 119 Å². The van der Waals surface area contributed by atoms with Gasteiger partial charge in [0.25, 0.3) is 0 Å². The second-order valence-corrected chi connectivity index (χ2v) is 9.20. The Morgan fingerprint density at radius 3 is 0.571 bits per heavy atom. The molecule has 0 aliphatic heterocycles. The molecule has 294 valence electrons. The summed E-state index contributed by atoms with van der Waals surface area (Å²) in [5.41, 5.74) is 0. The van der Waals surface area contributed by atoms with Gasteiger partial charge < -0.3 is 14.0 Å². The van der Waals surface area contributed by atoms with Gasteiger partial charge in [-0.2, -0.15) is 119 Å². The number of hydrogen-bond acceptors (Lipinski definition) is 3. The minimum absolute atomic E-state index is 2.54. The molecule has 0 unspecified atom stereocenters. The quantitative estimate of drug-likeness (QED) is 0.102. The molecule has 31 heteroatoms. The van der Waals surface area contributed by atoms with E-state index in [-0.39, 0.29) is 0 Å². The Kier molecular flexibility index (Phi) is 13.3. The lowest BCUT2D eigenvalue weighted by Gasteiger charge is -2.34. The molecule has 0 heterocycles.